The number of carboxylic acids is 1. The number of nitrogens with two attached hydrogens (primary N) is 1. The molecule has 1 aliphatic rings. The fourth-order valence-electron chi connectivity index (χ4n) is 3.09. The van der Waals surface area contributed by atoms with E-state index < -0.39 is 17.6 Å². The van der Waals surface area contributed by atoms with Gasteiger partial charge in [0.1, 0.15) is 0 Å². The minimum absolute atomic E-state index is 0.0700. The van der Waals surface area contributed by atoms with Crippen LogP contribution in [0.3, 0.4) is 0 Å². The Morgan fingerprint density at radius 3 is 2.80 bits per heavy atom. The summed E-state index contributed by atoms with van der Waals surface area (Å²) in [5.41, 5.74) is 6.83. The van der Waals surface area contributed by atoms with Gasteiger partial charge in [0.05, 0.1) is 6.04 Å². The highest BCUT2D eigenvalue weighted by atomic mass is 32.2. The molecule has 1 fully saturated rings. The summed E-state index contributed by atoms with van der Waals surface area (Å²) in [5.74, 6) is 0.0443. The molecule has 25 heavy (non-hydrogen) atoms. The Kier molecular flexibility index (Phi) is 7.28. The molecule has 4 N–H and O–H groups in total. The van der Waals surface area contributed by atoms with Crippen molar-refractivity contribution < 1.29 is 15.0 Å². The molecule has 1 aromatic heterocycles. The van der Waals surface area contributed by atoms with Gasteiger partial charge in [-0.2, -0.15) is 11.8 Å². The van der Waals surface area contributed by atoms with Gasteiger partial charge in [-0.15, -0.1) is 0 Å². The number of rotatable bonds is 11. The van der Waals surface area contributed by atoms with Gasteiger partial charge in [-0.1, -0.05) is 25.7 Å². The van der Waals surface area contributed by atoms with Crippen LogP contribution in [0.1, 0.15) is 48.9 Å². The number of pyridine rings is 1. The van der Waals surface area contributed by atoms with Gasteiger partial charge in [0.25, 0.3) is 0 Å². The van der Waals surface area contributed by atoms with E-state index in [2.05, 4.69) is 4.98 Å². The van der Waals surface area contributed by atoms with Crippen LogP contribution in [0.25, 0.3) is 0 Å². The van der Waals surface area contributed by atoms with Crippen molar-refractivity contribution >= 4 is 17.7 Å². The molecule has 2 rings (SSSR count). The molecule has 0 saturated heterocycles. The number of hydrogen-bond acceptors (Lipinski definition) is 5. The van der Waals surface area contributed by atoms with Gasteiger partial charge in [0, 0.05) is 24.1 Å². The smallest absolute Gasteiger partial charge is 0.337 e. The summed E-state index contributed by atoms with van der Waals surface area (Å²) in [5, 5.41) is 20.1. The molecule has 1 heterocycles. The zero-order chi connectivity index (χ0) is 18.4. The molecule has 0 aliphatic heterocycles. The van der Waals surface area contributed by atoms with Gasteiger partial charge in [-0.3, -0.25) is 4.98 Å². The van der Waals surface area contributed by atoms with Crippen LogP contribution in [0.4, 0.5) is 0 Å². The second kappa shape index (κ2) is 9.01. The van der Waals surface area contributed by atoms with E-state index in [1.807, 2.05) is 19.2 Å². The quantitative estimate of drug-likeness (QED) is 0.521. The summed E-state index contributed by atoms with van der Waals surface area (Å²) < 4.78 is 0. The van der Waals surface area contributed by atoms with Crippen LogP contribution in [0.15, 0.2) is 12.3 Å². The second-order valence-electron chi connectivity index (χ2n) is 7.26. The van der Waals surface area contributed by atoms with Crippen molar-refractivity contribution in [2.45, 2.75) is 63.5 Å². The molecule has 5 nitrogen and oxygen atoms in total. The Bertz CT molecular complexity index is 592. The summed E-state index contributed by atoms with van der Waals surface area (Å²) in [6, 6.07) is 1.09. The van der Waals surface area contributed by atoms with Crippen molar-refractivity contribution in [1.82, 2.24) is 4.98 Å². The van der Waals surface area contributed by atoms with E-state index >= 15 is 0 Å². The SMILES string of the molecule is CSC[C@H](N)[C@](O)(Cc1cc(CCCCC2CC2)c(C)cn1)C(=O)O. The van der Waals surface area contributed by atoms with E-state index in [0.29, 0.717) is 11.4 Å². The summed E-state index contributed by atoms with van der Waals surface area (Å²) in [6.45, 7) is 2.02. The number of aliphatic carboxylic acids is 1. The lowest BCUT2D eigenvalue weighted by Gasteiger charge is -2.29. The first-order chi connectivity index (χ1) is 11.9. The van der Waals surface area contributed by atoms with Crippen molar-refractivity contribution in [3.8, 4) is 0 Å². The molecule has 0 bridgehead atoms. The third kappa shape index (κ3) is 5.69. The highest BCUT2D eigenvalue weighted by Crippen LogP contribution is 2.34. The minimum Gasteiger partial charge on any atom is -0.479 e. The predicted molar refractivity (Wildman–Crippen MR) is 102 cm³/mol. The maximum atomic E-state index is 11.6. The van der Waals surface area contributed by atoms with E-state index in [9.17, 15) is 15.0 Å². The van der Waals surface area contributed by atoms with Gasteiger partial charge < -0.3 is 15.9 Å². The van der Waals surface area contributed by atoms with Crippen LogP contribution in [0.5, 0.6) is 0 Å². The molecule has 6 heteroatoms. The number of hydrogen-bond donors (Lipinski definition) is 3. The lowest BCUT2D eigenvalue weighted by atomic mass is 9.89. The molecule has 1 aromatic rings. The lowest BCUT2D eigenvalue weighted by molar-refractivity contribution is -0.160. The van der Waals surface area contributed by atoms with Crippen LogP contribution < -0.4 is 5.73 Å². The Balaban J connectivity index is 2.03. The number of nitrogens with zero attached hydrogens (tertiary/aromatic N) is 1. The summed E-state index contributed by atoms with van der Waals surface area (Å²) in [4.78, 5) is 15.9. The van der Waals surface area contributed by atoms with E-state index in [1.54, 1.807) is 6.20 Å². The Morgan fingerprint density at radius 2 is 2.20 bits per heavy atom. The van der Waals surface area contributed by atoms with Gasteiger partial charge >= 0.3 is 5.97 Å². The summed E-state index contributed by atoms with van der Waals surface area (Å²) in [7, 11) is 0. The van der Waals surface area contributed by atoms with Crippen LogP contribution in [-0.2, 0) is 17.6 Å². The third-order valence-corrected chi connectivity index (χ3v) is 5.75. The standard InChI is InChI=1S/C19H30N2O3S/c1-13-11-21-16(9-15(13)6-4-3-5-14-7-8-14)10-19(24,18(22)23)17(20)12-25-2/h9,11,14,17,24H,3-8,10,12,20H2,1-2H3,(H,22,23)/t17-,19+/m0/s1. The highest BCUT2D eigenvalue weighted by molar-refractivity contribution is 7.98. The van der Waals surface area contributed by atoms with E-state index in [4.69, 9.17) is 5.73 Å². The van der Waals surface area contributed by atoms with Crippen molar-refractivity contribution in [1.29, 1.82) is 0 Å². The fourth-order valence-corrected chi connectivity index (χ4v) is 3.73. The topological polar surface area (TPSA) is 96.4 Å². The van der Waals surface area contributed by atoms with Gasteiger partial charge in [0.2, 0.25) is 0 Å². The summed E-state index contributed by atoms with van der Waals surface area (Å²) >= 11 is 1.42. The highest BCUT2D eigenvalue weighted by Gasteiger charge is 2.42. The second-order valence-corrected chi connectivity index (χ2v) is 8.17. The van der Waals surface area contributed by atoms with E-state index in [0.717, 1.165) is 24.3 Å². The van der Waals surface area contributed by atoms with E-state index in [1.165, 1.54) is 43.0 Å². The number of aryl methyl sites for hydroxylation is 2. The number of aliphatic hydroxyl groups is 1. The molecule has 2 atom stereocenters. The van der Waals surface area contributed by atoms with E-state index in [-0.39, 0.29) is 6.42 Å². The minimum atomic E-state index is -1.99. The van der Waals surface area contributed by atoms with Crippen molar-refractivity contribution in [2.75, 3.05) is 12.0 Å². The molecule has 1 aliphatic carbocycles. The summed E-state index contributed by atoms with van der Waals surface area (Å²) in [6.07, 6.45) is 11.0. The van der Waals surface area contributed by atoms with Gasteiger partial charge in [-0.05, 0) is 49.1 Å². The molecular formula is C19H30N2O3S. The normalized spacial score (nSPS) is 17.9. The average Bonchev–Trinajstić information content (AvgIpc) is 3.38. The zero-order valence-electron chi connectivity index (χ0n) is 15.2. The Morgan fingerprint density at radius 1 is 1.48 bits per heavy atom. The van der Waals surface area contributed by atoms with Crippen LogP contribution in [0, 0.1) is 12.8 Å². The number of aromatic nitrogens is 1. The Hall–Kier alpha value is -1.11. The van der Waals surface area contributed by atoms with Crippen LogP contribution >= 0.6 is 11.8 Å². The molecule has 0 aromatic carbocycles. The lowest BCUT2D eigenvalue weighted by Crippen LogP contribution is -2.57. The monoisotopic (exact) mass is 366 g/mol. The van der Waals surface area contributed by atoms with Gasteiger partial charge in [0.15, 0.2) is 5.60 Å². The zero-order valence-corrected chi connectivity index (χ0v) is 16.0. The maximum absolute atomic E-state index is 11.6. The van der Waals surface area contributed by atoms with Crippen molar-refractivity contribution in [2.24, 2.45) is 11.7 Å². The molecule has 140 valence electrons. The fraction of sp³-hybridized carbons (Fsp3) is 0.684. The molecular weight excluding hydrogens is 336 g/mol. The van der Waals surface area contributed by atoms with Crippen molar-refractivity contribution in [3.63, 3.8) is 0 Å². The first kappa shape index (κ1) is 20.2. The van der Waals surface area contributed by atoms with Gasteiger partial charge in [-0.25, -0.2) is 4.79 Å². The predicted octanol–water partition coefficient (Wildman–Crippen LogP) is 2.56. The number of carbonyl (C=O) groups is 1. The first-order valence-electron chi connectivity index (χ1n) is 9.01. The number of thioether (sulfide) groups is 1. The molecule has 0 unspecified atom stereocenters. The molecule has 0 spiro atoms. The third-order valence-electron chi connectivity index (χ3n) is 5.06. The molecule has 1 saturated carbocycles. The van der Waals surface area contributed by atoms with Crippen LogP contribution in [0.2, 0.25) is 0 Å². The molecule has 0 amide bonds. The maximum Gasteiger partial charge on any atom is 0.337 e. The van der Waals surface area contributed by atoms with Crippen LogP contribution in [-0.4, -0.2) is 44.8 Å². The molecule has 0 radical (unpaired) electrons. The number of unbranched alkanes of at least 4 members (excludes halogenated alkanes) is 1. The first-order valence-corrected chi connectivity index (χ1v) is 10.4. The van der Waals surface area contributed by atoms with Crippen molar-refractivity contribution in [3.05, 3.63) is 29.1 Å². The Labute approximate surface area is 154 Å². The average molecular weight is 367 g/mol. The largest absolute Gasteiger partial charge is 0.479 e. The number of carboxylic acid groups (broad SMARTS) is 1.